The number of nitrogens with zero attached hydrogens (tertiary/aromatic N) is 2. The van der Waals surface area contributed by atoms with E-state index in [0.29, 0.717) is 5.69 Å². The van der Waals surface area contributed by atoms with Crippen LogP contribution in [0.5, 0.6) is 0 Å². The Morgan fingerprint density at radius 1 is 1.00 bits per heavy atom. The Labute approximate surface area is 156 Å². The number of hydrogen-bond donors (Lipinski definition) is 1. The van der Waals surface area contributed by atoms with Gasteiger partial charge in [-0.3, -0.25) is 14.8 Å². The van der Waals surface area contributed by atoms with Crippen molar-refractivity contribution >= 4 is 21.5 Å². The molecule has 0 saturated heterocycles. The molecule has 0 aliphatic heterocycles. The van der Waals surface area contributed by atoms with E-state index in [1.54, 1.807) is 13.0 Å². The average Bonchev–Trinajstić information content (AvgIpc) is 2.61. The quantitative estimate of drug-likeness (QED) is 0.528. The number of benzene rings is 2. The van der Waals surface area contributed by atoms with E-state index in [1.807, 2.05) is 37.3 Å². The lowest BCUT2D eigenvalue weighted by Gasteiger charge is -2.11. The van der Waals surface area contributed by atoms with Crippen molar-refractivity contribution in [3.63, 3.8) is 0 Å². The third-order valence-corrected chi connectivity index (χ3v) is 5.37. The summed E-state index contributed by atoms with van der Waals surface area (Å²) in [6.45, 7) is 3.44. The van der Waals surface area contributed by atoms with Crippen LogP contribution in [0.1, 0.15) is 11.3 Å². The number of aromatic nitrogens is 1. The molecule has 0 radical (unpaired) electrons. The maximum Gasteiger partial charge on any atom is 0.312 e. The standard InChI is InChI=1S/C19H17N3O4S/c1-13-12-16(9-10-17(13)15-6-4-3-5-7-15)27(25,26)21-19-18(22(23)24)11-8-14(2)20-19/h3-12H,1-2H3,(H,20,21). The van der Waals surface area contributed by atoms with Gasteiger partial charge in [0.05, 0.1) is 9.82 Å². The largest absolute Gasteiger partial charge is 0.312 e. The Morgan fingerprint density at radius 2 is 1.70 bits per heavy atom. The molecule has 3 aromatic rings. The maximum absolute atomic E-state index is 12.7. The van der Waals surface area contributed by atoms with Crippen molar-refractivity contribution in [1.29, 1.82) is 0 Å². The van der Waals surface area contributed by atoms with Gasteiger partial charge in [-0.15, -0.1) is 0 Å². The molecule has 1 N–H and O–H groups in total. The second-order valence-corrected chi connectivity index (χ2v) is 7.71. The highest BCUT2D eigenvalue weighted by Gasteiger charge is 2.23. The van der Waals surface area contributed by atoms with Gasteiger partial charge in [0.15, 0.2) is 0 Å². The molecule has 2 aromatic carbocycles. The molecule has 0 atom stereocenters. The molecule has 0 spiro atoms. The molecule has 0 aliphatic rings. The molecule has 0 bridgehead atoms. The molecule has 3 rings (SSSR count). The first-order chi connectivity index (χ1) is 12.8. The third-order valence-electron chi connectivity index (χ3n) is 4.03. The number of rotatable bonds is 5. The van der Waals surface area contributed by atoms with Gasteiger partial charge in [-0.25, -0.2) is 13.4 Å². The number of hydrogen-bond acceptors (Lipinski definition) is 5. The number of sulfonamides is 1. The fourth-order valence-electron chi connectivity index (χ4n) is 2.70. The normalized spacial score (nSPS) is 11.2. The summed E-state index contributed by atoms with van der Waals surface area (Å²) >= 11 is 0. The first-order valence-corrected chi connectivity index (χ1v) is 9.57. The van der Waals surface area contributed by atoms with Gasteiger partial charge in [0.2, 0.25) is 5.82 Å². The van der Waals surface area contributed by atoms with Crippen LogP contribution in [0.3, 0.4) is 0 Å². The van der Waals surface area contributed by atoms with Gasteiger partial charge in [-0.1, -0.05) is 36.4 Å². The molecule has 0 unspecified atom stereocenters. The number of nitro groups is 1. The Bertz CT molecular complexity index is 1110. The minimum Gasteiger partial charge on any atom is -0.258 e. The molecule has 1 aromatic heterocycles. The van der Waals surface area contributed by atoms with Gasteiger partial charge in [0.1, 0.15) is 0 Å². The van der Waals surface area contributed by atoms with Gasteiger partial charge in [-0.05, 0) is 48.7 Å². The van der Waals surface area contributed by atoms with E-state index in [2.05, 4.69) is 9.71 Å². The van der Waals surface area contributed by atoms with Crippen LogP contribution < -0.4 is 4.72 Å². The molecule has 27 heavy (non-hydrogen) atoms. The Balaban J connectivity index is 1.98. The fraction of sp³-hybridized carbons (Fsp3) is 0.105. The van der Waals surface area contributed by atoms with E-state index < -0.39 is 20.6 Å². The second-order valence-electron chi connectivity index (χ2n) is 6.03. The van der Waals surface area contributed by atoms with E-state index in [1.165, 1.54) is 24.3 Å². The zero-order valence-corrected chi connectivity index (χ0v) is 15.5. The Hall–Kier alpha value is -3.26. The zero-order chi connectivity index (χ0) is 19.6. The number of aryl methyl sites for hydroxylation is 2. The molecule has 1 heterocycles. The number of pyridine rings is 1. The van der Waals surface area contributed by atoms with Crippen LogP contribution in [0.25, 0.3) is 11.1 Å². The highest BCUT2D eigenvalue weighted by Crippen LogP contribution is 2.28. The summed E-state index contributed by atoms with van der Waals surface area (Å²) in [5.74, 6) is -0.301. The van der Waals surface area contributed by atoms with Crippen molar-refractivity contribution in [2.45, 2.75) is 18.7 Å². The first kappa shape index (κ1) is 18.5. The minimum atomic E-state index is -4.02. The van der Waals surface area contributed by atoms with E-state index >= 15 is 0 Å². The molecule has 0 amide bonds. The summed E-state index contributed by atoms with van der Waals surface area (Å²) in [7, 11) is -4.02. The molecule has 0 saturated carbocycles. The molecule has 8 heteroatoms. The van der Waals surface area contributed by atoms with Crippen LogP contribution in [0.2, 0.25) is 0 Å². The molecular weight excluding hydrogens is 366 g/mol. The van der Waals surface area contributed by atoms with E-state index in [-0.39, 0.29) is 10.7 Å². The molecule has 138 valence electrons. The molecule has 0 fully saturated rings. The topological polar surface area (TPSA) is 102 Å². The van der Waals surface area contributed by atoms with Crippen LogP contribution in [0.4, 0.5) is 11.5 Å². The van der Waals surface area contributed by atoms with Crippen LogP contribution in [0, 0.1) is 24.0 Å². The summed E-state index contributed by atoms with van der Waals surface area (Å²) in [5, 5.41) is 11.1. The summed E-state index contributed by atoms with van der Waals surface area (Å²) < 4.78 is 27.7. The minimum absolute atomic E-state index is 0.0114. The predicted molar refractivity (Wildman–Crippen MR) is 103 cm³/mol. The Kier molecular flexibility index (Phi) is 4.91. The van der Waals surface area contributed by atoms with E-state index in [4.69, 9.17) is 0 Å². The lowest BCUT2D eigenvalue weighted by Crippen LogP contribution is -2.15. The molecular formula is C19H17N3O4S. The lowest BCUT2D eigenvalue weighted by atomic mass is 10.0. The predicted octanol–water partition coefficient (Wildman–Crippen LogP) is 4.07. The Morgan fingerprint density at radius 3 is 2.33 bits per heavy atom. The van der Waals surface area contributed by atoms with Gasteiger partial charge < -0.3 is 0 Å². The third kappa shape index (κ3) is 3.95. The van der Waals surface area contributed by atoms with Crippen molar-refractivity contribution in [3.05, 3.63) is 82.0 Å². The van der Waals surface area contributed by atoms with Crippen LogP contribution >= 0.6 is 0 Å². The van der Waals surface area contributed by atoms with Crippen molar-refractivity contribution < 1.29 is 13.3 Å². The van der Waals surface area contributed by atoms with Gasteiger partial charge in [-0.2, -0.15) is 0 Å². The van der Waals surface area contributed by atoms with Crippen molar-refractivity contribution in [1.82, 2.24) is 4.98 Å². The van der Waals surface area contributed by atoms with Crippen LogP contribution in [-0.4, -0.2) is 18.3 Å². The summed E-state index contributed by atoms with van der Waals surface area (Å²) in [4.78, 5) is 14.4. The summed E-state index contributed by atoms with van der Waals surface area (Å²) in [5.41, 5.74) is 2.73. The summed E-state index contributed by atoms with van der Waals surface area (Å²) in [6, 6.07) is 17.0. The van der Waals surface area contributed by atoms with Gasteiger partial charge in [0, 0.05) is 11.8 Å². The van der Waals surface area contributed by atoms with Crippen LogP contribution in [0.15, 0.2) is 65.6 Å². The molecule has 7 nitrogen and oxygen atoms in total. The number of anilines is 1. The lowest BCUT2D eigenvalue weighted by molar-refractivity contribution is -0.384. The fourth-order valence-corrected chi connectivity index (χ4v) is 3.80. The highest BCUT2D eigenvalue weighted by atomic mass is 32.2. The number of nitrogens with one attached hydrogen (secondary N) is 1. The zero-order valence-electron chi connectivity index (χ0n) is 14.7. The van der Waals surface area contributed by atoms with Crippen molar-refractivity contribution in [3.8, 4) is 11.1 Å². The average molecular weight is 383 g/mol. The van der Waals surface area contributed by atoms with Crippen molar-refractivity contribution in [2.75, 3.05) is 4.72 Å². The smallest absolute Gasteiger partial charge is 0.258 e. The van der Waals surface area contributed by atoms with Crippen molar-refractivity contribution in [2.24, 2.45) is 0 Å². The van der Waals surface area contributed by atoms with Crippen LogP contribution in [-0.2, 0) is 10.0 Å². The highest BCUT2D eigenvalue weighted by molar-refractivity contribution is 7.92. The SMILES string of the molecule is Cc1ccc([N+](=O)[O-])c(NS(=O)(=O)c2ccc(-c3ccccc3)c(C)c2)n1. The monoisotopic (exact) mass is 383 g/mol. The first-order valence-electron chi connectivity index (χ1n) is 8.09. The maximum atomic E-state index is 12.7. The summed E-state index contributed by atoms with van der Waals surface area (Å²) in [6.07, 6.45) is 0. The van der Waals surface area contributed by atoms with E-state index in [0.717, 1.165) is 16.7 Å². The van der Waals surface area contributed by atoms with E-state index in [9.17, 15) is 18.5 Å². The van der Waals surface area contributed by atoms with Gasteiger partial charge in [0.25, 0.3) is 10.0 Å². The van der Waals surface area contributed by atoms with Gasteiger partial charge >= 0.3 is 5.69 Å². The molecule has 0 aliphatic carbocycles. The second kappa shape index (κ2) is 7.16.